The molecule has 0 aliphatic carbocycles. The smallest absolute Gasteiger partial charge is 0.295 e. The van der Waals surface area contributed by atoms with Crippen molar-refractivity contribution in [2.24, 2.45) is 10.2 Å². The highest BCUT2D eigenvalue weighted by Gasteiger charge is 2.20. The van der Waals surface area contributed by atoms with Crippen molar-refractivity contribution in [3.05, 3.63) is 54.1 Å². The van der Waals surface area contributed by atoms with Gasteiger partial charge in [-0.2, -0.15) is 27.1 Å². The molecule has 11 heteroatoms. The van der Waals surface area contributed by atoms with E-state index in [0.29, 0.717) is 23.1 Å². The van der Waals surface area contributed by atoms with Crippen LogP contribution in [0.5, 0.6) is 0 Å². The van der Waals surface area contributed by atoms with E-state index in [-0.39, 0.29) is 10.8 Å². The van der Waals surface area contributed by atoms with Crippen molar-refractivity contribution in [1.82, 2.24) is 0 Å². The van der Waals surface area contributed by atoms with Crippen molar-refractivity contribution in [3.8, 4) is 0 Å². The van der Waals surface area contributed by atoms with E-state index in [1.165, 1.54) is 18.2 Å². The largest absolute Gasteiger partial charge is 0.399 e. The van der Waals surface area contributed by atoms with Crippen molar-refractivity contribution in [1.29, 1.82) is 0 Å². The molecule has 28 heavy (non-hydrogen) atoms. The van der Waals surface area contributed by atoms with Gasteiger partial charge < -0.3 is 5.73 Å². The lowest BCUT2D eigenvalue weighted by Gasteiger charge is -2.07. The van der Waals surface area contributed by atoms with Crippen LogP contribution >= 0.6 is 0 Å². The first kappa shape index (κ1) is 19.9. The average molecular weight is 421 g/mol. The third-order valence-corrected chi connectivity index (χ3v) is 5.67. The number of hydrogen-bond acceptors (Lipinski definition) is 7. The summed E-state index contributed by atoms with van der Waals surface area (Å²) in [7, 11) is -9.43. The summed E-state index contributed by atoms with van der Waals surface area (Å²) in [6.07, 6.45) is 0. The maximum atomic E-state index is 11.6. The summed E-state index contributed by atoms with van der Waals surface area (Å²) in [5.41, 5.74) is 7.94. The Kier molecular flexibility index (Phi) is 4.93. The zero-order chi connectivity index (χ0) is 20.7. The molecule has 0 saturated carbocycles. The minimum absolute atomic E-state index is 0.0671. The third-order valence-electron chi connectivity index (χ3n) is 3.94. The van der Waals surface area contributed by atoms with Crippen LogP contribution in [0.3, 0.4) is 0 Å². The highest BCUT2D eigenvalue weighted by Crippen LogP contribution is 2.31. The molecule has 0 heterocycles. The molecule has 3 rings (SSSR count). The number of azo groups is 1. The van der Waals surface area contributed by atoms with E-state index >= 15 is 0 Å². The molecule has 3 aromatic carbocycles. The highest BCUT2D eigenvalue weighted by molar-refractivity contribution is 7.86. The molecule has 9 nitrogen and oxygen atoms in total. The predicted molar refractivity (Wildman–Crippen MR) is 103 cm³/mol. The molecule has 4 N–H and O–H groups in total. The second-order valence-electron chi connectivity index (χ2n) is 6.02. The van der Waals surface area contributed by atoms with Crippen LogP contribution in [0.4, 0.5) is 17.1 Å². The first-order valence-corrected chi connectivity index (χ1v) is 10.6. The van der Waals surface area contributed by atoms with Gasteiger partial charge in [0.05, 0.1) is 16.3 Å². The molecule has 0 aliphatic heterocycles. The first-order chi connectivity index (χ1) is 12.9. The maximum Gasteiger partial charge on any atom is 0.295 e. The van der Waals surface area contributed by atoms with Crippen molar-refractivity contribution < 1.29 is 25.9 Å². The normalized spacial score (nSPS) is 12.7. The molecule has 0 atom stereocenters. The molecule has 0 radical (unpaired) electrons. The van der Waals surface area contributed by atoms with Crippen LogP contribution in [0.15, 0.2) is 68.6 Å². The number of nitrogens with zero attached hydrogens (tertiary/aromatic N) is 2. The zero-order valence-electron chi connectivity index (χ0n) is 14.4. The Bertz CT molecular complexity index is 1330. The van der Waals surface area contributed by atoms with Gasteiger partial charge in [-0.15, -0.1) is 0 Å². The molecule has 0 fully saturated rings. The quantitative estimate of drug-likeness (QED) is 0.329. The summed E-state index contributed by atoms with van der Waals surface area (Å²) in [4.78, 5) is -1.31. The van der Waals surface area contributed by atoms with Crippen molar-refractivity contribution in [3.63, 3.8) is 0 Å². The molecule has 0 aromatic heterocycles. The number of aryl methyl sites for hydroxylation is 1. The molecule has 0 amide bonds. The van der Waals surface area contributed by atoms with E-state index in [4.69, 9.17) is 5.73 Å². The molecule has 3 aromatic rings. The Balaban J connectivity index is 2.16. The number of hydrogen-bond donors (Lipinski definition) is 3. The summed E-state index contributed by atoms with van der Waals surface area (Å²) in [6, 6.07) is 11.0. The molecule has 0 aliphatic rings. The summed E-state index contributed by atoms with van der Waals surface area (Å²) < 4.78 is 64.8. The van der Waals surface area contributed by atoms with E-state index in [9.17, 15) is 25.9 Å². The second-order valence-corrected chi connectivity index (χ2v) is 8.83. The number of rotatable bonds is 4. The van der Waals surface area contributed by atoms with E-state index in [0.717, 1.165) is 11.6 Å². The van der Waals surface area contributed by atoms with Crippen LogP contribution in [-0.2, 0) is 20.2 Å². The predicted octanol–water partition coefficient (Wildman–Crippen LogP) is 3.64. The fraction of sp³-hybridized carbons (Fsp3) is 0.0588. The van der Waals surface area contributed by atoms with Gasteiger partial charge in [-0.25, -0.2) is 0 Å². The molecular formula is C17H15N3O6S2. The van der Waals surface area contributed by atoms with Gasteiger partial charge in [0.15, 0.2) is 0 Å². The number of nitrogen functional groups attached to an aromatic ring is 1. The maximum absolute atomic E-state index is 11.6. The lowest BCUT2D eigenvalue weighted by atomic mass is 10.1. The van der Waals surface area contributed by atoms with Crippen LogP contribution in [0, 0.1) is 6.92 Å². The SMILES string of the molecule is Cc1cc(N)ccc1N=Nc1ccc2c(S(=O)(=O)O)cc(S(=O)(=O)O)cc2c1. The topological polar surface area (TPSA) is 159 Å². The lowest BCUT2D eigenvalue weighted by molar-refractivity contribution is 0.482. The molecule has 146 valence electrons. The standard InChI is InChI=1S/C17H15N3O6S2/c1-10-6-12(18)2-5-16(10)20-19-13-3-4-15-11(7-13)8-14(27(21,22)23)9-17(15)28(24,25)26/h2-9H,18H2,1H3,(H,21,22,23)(H,24,25,26). The fourth-order valence-electron chi connectivity index (χ4n) is 2.62. The Morgan fingerprint density at radius 3 is 2.18 bits per heavy atom. The Hall–Kier alpha value is -2.86. The lowest BCUT2D eigenvalue weighted by Crippen LogP contribution is -2.04. The number of anilines is 1. The molecule has 0 spiro atoms. The zero-order valence-corrected chi connectivity index (χ0v) is 16.1. The van der Waals surface area contributed by atoms with E-state index < -0.39 is 30.0 Å². The third kappa shape index (κ3) is 4.17. The van der Waals surface area contributed by atoms with Gasteiger partial charge in [-0.1, -0.05) is 6.07 Å². The minimum atomic E-state index is -4.73. The van der Waals surface area contributed by atoms with E-state index in [1.54, 1.807) is 18.2 Å². The van der Waals surface area contributed by atoms with Crippen LogP contribution in [-0.4, -0.2) is 25.9 Å². The second kappa shape index (κ2) is 6.95. The molecular weight excluding hydrogens is 406 g/mol. The van der Waals surface area contributed by atoms with Gasteiger partial charge in [-0.05, 0) is 60.3 Å². The van der Waals surface area contributed by atoms with Gasteiger partial charge in [0.25, 0.3) is 20.2 Å². The molecule has 0 saturated heterocycles. The van der Waals surface area contributed by atoms with Crippen molar-refractivity contribution in [2.75, 3.05) is 5.73 Å². The van der Waals surface area contributed by atoms with Crippen molar-refractivity contribution >= 4 is 48.1 Å². The van der Waals surface area contributed by atoms with Gasteiger partial charge in [-0.3, -0.25) is 9.11 Å². The minimum Gasteiger partial charge on any atom is -0.399 e. The Morgan fingerprint density at radius 2 is 1.57 bits per heavy atom. The van der Waals surface area contributed by atoms with Crippen molar-refractivity contribution in [2.45, 2.75) is 16.7 Å². The summed E-state index contributed by atoms with van der Waals surface area (Å²) in [5, 5.41) is 8.36. The Morgan fingerprint density at radius 1 is 0.857 bits per heavy atom. The summed E-state index contributed by atoms with van der Waals surface area (Å²) in [5.74, 6) is 0. The van der Waals surface area contributed by atoms with E-state index in [1.807, 2.05) is 6.92 Å². The summed E-state index contributed by atoms with van der Waals surface area (Å²) in [6.45, 7) is 1.81. The monoisotopic (exact) mass is 421 g/mol. The van der Waals surface area contributed by atoms with Crippen LogP contribution < -0.4 is 5.73 Å². The molecule has 0 unspecified atom stereocenters. The van der Waals surface area contributed by atoms with Crippen LogP contribution in [0.2, 0.25) is 0 Å². The van der Waals surface area contributed by atoms with Gasteiger partial charge in [0.2, 0.25) is 0 Å². The number of benzene rings is 3. The van der Waals surface area contributed by atoms with Crippen LogP contribution in [0.1, 0.15) is 5.56 Å². The molecule has 0 bridgehead atoms. The summed E-state index contributed by atoms with van der Waals surface area (Å²) >= 11 is 0. The van der Waals surface area contributed by atoms with Gasteiger partial charge in [0, 0.05) is 11.1 Å². The van der Waals surface area contributed by atoms with Crippen LogP contribution in [0.25, 0.3) is 10.8 Å². The van der Waals surface area contributed by atoms with Gasteiger partial charge in [0.1, 0.15) is 4.90 Å². The first-order valence-electron chi connectivity index (χ1n) is 7.76. The number of fused-ring (bicyclic) bond motifs is 1. The Labute approximate surface area is 161 Å². The van der Waals surface area contributed by atoms with Gasteiger partial charge >= 0.3 is 0 Å². The average Bonchev–Trinajstić information content (AvgIpc) is 2.58. The number of nitrogens with two attached hydrogens (primary N) is 1. The van der Waals surface area contributed by atoms with E-state index in [2.05, 4.69) is 10.2 Å². The fourth-order valence-corrected chi connectivity index (χ4v) is 3.98. The highest BCUT2D eigenvalue weighted by atomic mass is 32.2.